The highest BCUT2D eigenvalue weighted by molar-refractivity contribution is 14.1. The van der Waals surface area contributed by atoms with Gasteiger partial charge in [-0.15, -0.1) is 0 Å². The van der Waals surface area contributed by atoms with Gasteiger partial charge in [0.1, 0.15) is 11.5 Å². The van der Waals surface area contributed by atoms with Gasteiger partial charge in [-0.2, -0.15) is 0 Å². The number of carbonyl (C=O) groups excluding carboxylic acids is 1. The molecular formula is C28H30INO3. The van der Waals surface area contributed by atoms with Crippen LogP contribution in [0.5, 0.6) is 11.5 Å². The van der Waals surface area contributed by atoms with E-state index in [2.05, 4.69) is 34.5 Å². The van der Waals surface area contributed by atoms with E-state index in [9.17, 15) is 4.79 Å². The summed E-state index contributed by atoms with van der Waals surface area (Å²) in [5.74, 6) is 0.879. The second-order valence-electron chi connectivity index (χ2n) is 7.81. The van der Waals surface area contributed by atoms with Gasteiger partial charge in [0.05, 0.1) is 17.9 Å². The smallest absolute Gasteiger partial charge is 0.343 e. The molecule has 0 aliphatic heterocycles. The number of rotatable bonds is 12. The van der Waals surface area contributed by atoms with Crippen molar-refractivity contribution >= 4 is 40.5 Å². The highest BCUT2D eigenvalue weighted by Gasteiger charge is 2.09. The molecule has 0 spiro atoms. The molecule has 3 aromatic rings. The van der Waals surface area contributed by atoms with E-state index in [1.165, 1.54) is 32.1 Å². The van der Waals surface area contributed by atoms with Crippen molar-refractivity contribution in [3.8, 4) is 11.5 Å². The molecule has 0 radical (unpaired) electrons. The molecule has 172 valence electrons. The Morgan fingerprint density at radius 2 is 1.52 bits per heavy atom. The quantitative estimate of drug-likeness (QED) is 0.0748. The van der Waals surface area contributed by atoms with Crippen LogP contribution >= 0.6 is 22.6 Å². The summed E-state index contributed by atoms with van der Waals surface area (Å²) in [4.78, 5) is 17.0. The van der Waals surface area contributed by atoms with Gasteiger partial charge in [0.2, 0.25) is 0 Å². The summed E-state index contributed by atoms with van der Waals surface area (Å²) in [5.41, 5.74) is 2.35. The van der Waals surface area contributed by atoms with Crippen molar-refractivity contribution < 1.29 is 14.3 Å². The third-order valence-electron chi connectivity index (χ3n) is 5.15. The number of ether oxygens (including phenoxy) is 2. The van der Waals surface area contributed by atoms with Gasteiger partial charge in [-0.25, -0.2) is 4.79 Å². The lowest BCUT2D eigenvalue weighted by Gasteiger charge is -2.08. The van der Waals surface area contributed by atoms with Crippen molar-refractivity contribution in [2.75, 3.05) is 6.61 Å². The first-order chi connectivity index (χ1) is 16.2. The summed E-state index contributed by atoms with van der Waals surface area (Å²) in [6, 6.07) is 22.3. The van der Waals surface area contributed by atoms with Crippen molar-refractivity contribution in [1.82, 2.24) is 0 Å². The molecule has 0 aromatic heterocycles. The summed E-state index contributed by atoms with van der Waals surface area (Å²) in [6.45, 7) is 2.93. The van der Waals surface area contributed by atoms with E-state index >= 15 is 0 Å². The fourth-order valence-corrected chi connectivity index (χ4v) is 3.77. The van der Waals surface area contributed by atoms with Crippen molar-refractivity contribution in [3.05, 3.63) is 87.5 Å². The van der Waals surface area contributed by atoms with Crippen molar-refractivity contribution in [2.24, 2.45) is 4.99 Å². The zero-order valence-electron chi connectivity index (χ0n) is 19.0. The first-order valence-electron chi connectivity index (χ1n) is 11.5. The molecule has 0 unspecified atom stereocenters. The van der Waals surface area contributed by atoms with Gasteiger partial charge in [-0.3, -0.25) is 4.99 Å². The van der Waals surface area contributed by atoms with Crippen LogP contribution in [0.2, 0.25) is 0 Å². The van der Waals surface area contributed by atoms with Gasteiger partial charge in [0, 0.05) is 9.78 Å². The van der Waals surface area contributed by atoms with Crippen molar-refractivity contribution in [2.45, 2.75) is 45.4 Å². The fraction of sp³-hybridized carbons (Fsp3) is 0.286. The largest absolute Gasteiger partial charge is 0.494 e. The molecule has 5 heteroatoms. The van der Waals surface area contributed by atoms with Crippen LogP contribution in [0.4, 0.5) is 5.69 Å². The minimum Gasteiger partial charge on any atom is -0.494 e. The molecule has 0 bridgehead atoms. The highest BCUT2D eigenvalue weighted by atomic mass is 127. The molecule has 0 amide bonds. The fourth-order valence-electron chi connectivity index (χ4n) is 3.25. The number of nitrogens with zero attached hydrogens (tertiary/aromatic N) is 1. The molecule has 0 atom stereocenters. The molecule has 0 saturated heterocycles. The van der Waals surface area contributed by atoms with Gasteiger partial charge in [-0.05, 0) is 95.2 Å². The number of unbranched alkanes of at least 4 members (excludes halogenated alkanes) is 5. The number of esters is 1. The second-order valence-corrected chi connectivity index (χ2v) is 8.97. The second kappa shape index (κ2) is 13.8. The maximum Gasteiger partial charge on any atom is 0.343 e. The zero-order valence-corrected chi connectivity index (χ0v) is 21.2. The minimum absolute atomic E-state index is 0.391. The third-order valence-corrected chi connectivity index (χ3v) is 6.06. The predicted octanol–water partition coefficient (Wildman–Crippen LogP) is 8.00. The number of para-hydroxylation sites is 1. The average Bonchev–Trinajstić information content (AvgIpc) is 2.84. The molecule has 3 rings (SSSR count). The van der Waals surface area contributed by atoms with Gasteiger partial charge in [-0.1, -0.05) is 51.2 Å². The lowest BCUT2D eigenvalue weighted by Crippen LogP contribution is -2.08. The van der Waals surface area contributed by atoms with Crippen molar-refractivity contribution in [3.63, 3.8) is 0 Å². The van der Waals surface area contributed by atoms with Crippen LogP contribution in [0.25, 0.3) is 0 Å². The summed E-state index contributed by atoms with van der Waals surface area (Å²) < 4.78 is 12.4. The topological polar surface area (TPSA) is 47.9 Å². The van der Waals surface area contributed by atoms with Crippen LogP contribution in [-0.4, -0.2) is 18.8 Å². The summed E-state index contributed by atoms with van der Waals surface area (Å²) in [5, 5.41) is 0. The summed E-state index contributed by atoms with van der Waals surface area (Å²) in [7, 11) is 0. The van der Waals surface area contributed by atoms with Crippen LogP contribution in [0.15, 0.2) is 77.8 Å². The van der Waals surface area contributed by atoms with Gasteiger partial charge < -0.3 is 9.47 Å². The number of hydrogen-bond donors (Lipinski definition) is 0. The number of benzene rings is 3. The Kier molecular flexibility index (Phi) is 10.4. The molecular weight excluding hydrogens is 525 g/mol. The number of halogens is 1. The Labute approximate surface area is 210 Å². The van der Waals surface area contributed by atoms with E-state index in [-0.39, 0.29) is 0 Å². The molecule has 0 aliphatic rings. The average molecular weight is 555 g/mol. The van der Waals surface area contributed by atoms with Gasteiger partial charge in [0.25, 0.3) is 0 Å². The van der Waals surface area contributed by atoms with Crippen LogP contribution in [0.1, 0.15) is 61.4 Å². The monoisotopic (exact) mass is 555 g/mol. The van der Waals surface area contributed by atoms with E-state index in [0.29, 0.717) is 17.9 Å². The van der Waals surface area contributed by atoms with Gasteiger partial charge in [0.15, 0.2) is 0 Å². The molecule has 3 aromatic carbocycles. The maximum absolute atomic E-state index is 12.5. The molecule has 0 aliphatic carbocycles. The molecule has 0 saturated carbocycles. The van der Waals surface area contributed by atoms with E-state index in [0.717, 1.165) is 27.0 Å². The maximum atomic E-state index is 12.5. The molecule has 0 fully saturated rings. The van der Waals surface area contributed by atoms with Crippen LogP contribution < -0.4 is 9.47 Å². The van der Waals surface area contributed by atoms with E-state index in [1.807, 2.05) is 48.5 Å². The number of hydrogen-bond acceptors (Lipinski definition) is 4. The SMILES string of the molecule is CCCCCCCCOc1ccc(C(=O)Oc2ccc(C=Nc3ccccc3I)cc2)cc1. The summed E-state index contributed by atoms with van der Waals surface area (Å²) in [6.07, 6.45) is 9.19. The lowest BCUT2D eigenvalue weighted by atomic mass is 10.1. The predicted molar refractivity (Wildman–Crippen MR) is 143 cm³/mol. The highest BCUT2D eigenvalue weighted by Crippen LogP contribution is 2.21. The Morgan fingerprint density at radius 3 is 2.24 bits per heavy atom. The van der Waals surface area contributed by atoms with Crippen LogP contribution in [0.3, 0.4) is 0 Å². The molecule has 0 N–H and O–H groups in total. The Morgan fingerprint density at radius 1 is 0.848 bits per heavy atom. The Bertz CT molecular complexity index is 1030. The normalized spacial score (nSPS) is 11.0. The minimum atomic E-state index is -0.391. The third kappa shape index (κ3) is 8.65. The Hall–Kier alpha value is -2.67. The molecule has 0 heterocycles. The lowest BCUT2D eigenvalue weighted by molar-refractivity contribution is 0.0734. The van der Waals surface area contributed by atoms with E-state index < -0.39 is 5.97 Å². The number of aliphatic imine (C=N–C) groups is 1. The molecule has 33 heavy (non-hydrogen) atoms. The first-order valence-corrected chi connectivity index (χ1v) is 12.6. The standard InChI is InChI=1S/C28H30INO3/c1-2-3-4-5-6-9-20-32-24-18-14-23(15-19-24)28(31)33-25-16-12-22(13-17-25)21-30-27-11-8-7-10-26(27)29/h7-8,10-19,21H,2-6,9,20H2,1H3. The zero-order chi connectivity index (χ0) is 23.3. The van der Waals surface area contributed by atoms with Crippen molar-refractivity contribution in [1.29, 1.82) is 0 Å². The molecule has 4 nitrogen and oxygen atoms in total. The van der Waals surface area contributed by atoms with Gasteiger partial charge >= 0.3 is 5.97 Å². The van der Waals surface area contributed by atoms with E-state index in [4.69, 9.17) is 9.47 Å². The first kappa shape index (κ1) is 25.0. The number of carbonyl (C=O) groups is 1. The van der Waals surface area contributed by atoms with Crippen LogP contribution in [-0.2, 0) is 0 Å². The summed E-state index contributed by atoms with van der Waals surface area (Å²) >= 11 is 2.26. The van der Waals surface area contributed by atoms with E-state index in [1.54, 1.807) is 30.5 Å². The Balaban J connectivity index is 1.45. The van der Waals surface area contributed by atoms with Crippen LogP contribution in [0, 0.1) is 3.57 Å².